The fourth-order valence-electron chi connectivity index (χ4n) is 3.03. The van der Waals surface area contributed by atoms with E-state index >= 15 is 0 Å². The van der Waals surface area contributed by atoms with Crippen molar-refractivity contribution in [3.63, 3.8) is 0 Å². The van der Waals surface area contributed by atoms with Gasteiger partial charge in [0.2, 0.25) is 5.91 Å². The normalized spacial score (nSPS) is 12.1. The van der Waals surface area contributed by atoms with Crippen LogP contribution < -0.4 is 10.1 Å². The fourth-order valence-corrected chi connectivity index (χ4v) is 3.89. The lowest BCUT2D eigenvalue weighted by atomic mass is 10.1. The SMILES string of the molecule is COc1ccc(NC(=O)[C@H](C)Sc2nnc(-c3cccc(C)c3)n2CC(C)C)cc1. The zero-order valence-electron chi connectivity index (χ0n) is 18.0. The third-order valence-electron chi connectivity index (χ3n) is 4.55. The fraction of sp³-hybridized carbons (Fsp3) is 0.348. The third-order valence-corrected chi connectivity index (χ3v) is 5.63. The number of methoxy groups -OCH3 is 1. The summed E-state index contributed by atoms with van der Waals surface area (Å²) < 4.78 is 7.27. The van der Waals surface area contributed by atoms with Crippen LogP contribution in [-0.2, 0) is 11.3 Å². The molecular weight excluding hydrogens is 396 g/mol. The van der Waals surface area contributed by atoms with E-state index in [4.69, 9.17) is 4.74 Å². The zero-order chi connectivity index (χ0) is 21.7. The number of benzene rings is 2. The number of amides is 1. The van der Waals surface area contributed by atoms with Gasteiger partial charge in [0.1, 0.15) is 5.75 Å². The molecule has 3 rings (SSSR count). The first-order valence-corrected chi connectivity index (χ1v) is 10.9. The van der Waals surface area contributed by atoms with Gasteiger partial charge < -0.3 is 14.6 Å². The van der Waals surface area contributed by atoms with Crippen LogP contribution >= 0.6 is 11.8 Å². The van der Waals surface area contributed by atoms with Crippen LogP contribution in [0, 0.1) is 12.8 Å². The van der Waals surface area contributed by atoms with E-state index in [9.17, 15) is 4.79 Å². The second-order valence-corrected chi connectivity index (χ2v) is 8.97. The molecule has 7 heteroatoms. The van der Waals surface area contributed by atoms with Gasteiger partial charge in [-0.2, -0.15) is 0 Å². The van der Waals surface area contributed by atoms with Crippen molar-refractivity contribution in [2.45, 2.75) is 44.6 Å². The van der Waals surface area contributed by atoms with Crippen molar-refractivity contribution < 1.29 is 9.53 Å². The van der Waals surface area contributed by atoms with E-state index in [1.54, 1.807) is 7.11 Å². The predicted octanol–water partition coefficient (Wildman–Crippen LogP) is 5.04. The van der Waals surface area contributed by atoms with Gasteiger partial charge in [0, 0.05) is 17.8 Å². The molecule has 0 saturated heterocycles. The minimum Gasteiger partial charge on any atom is -0.497 e. The molecule has 1 heterocycles. The summed E-state index contributed by atoms with van der Waals surface area (Å²) in [6.45, 7) is 9.05. The summed E-state index contributed by atoms with van der Waals surface area (Å²) >= 11 is 1.42. The number of ether oxygens (including phenoxy) is 1. The van der Waals surface area contributed by atoms with E-state index < -0.39 is 0 Å². The average Bonchev–Trinajstić information content (AvgIpc) is 3.10. The lowest BCUT2D eigenvalue weighted by Crippen LogP contribution is -2.23. The van der Waals surface area contributed by atoms with Crippen LogP contribution in [0.25, 0.3) is 11.4 Å². The second kappa shape index (κ2) is 9.80. The first kappa shape index (κ1) is 21.9. The molecule has 158 valence electrons. The lowest BCUT2D eigenvalue weighted by Gasteiger charge is -2.15. The molecule has 1 N–H and O–H groups in total. The van der Waals surface area contributed by atoms with E-state index in [2.05, 4.69) is 53.0 Å². The summed E-state index contributed by atoms with van der Waals surface area (Å²) in [6.07, 6.45) is 0. The van der Waals surface area contributed by atoms with Gasteiger partial charge in [-0.15, -0.1) is 10.2 Å². The van der Waals surface area contributed by atoms with Gasteiger partial charge >= 0.3 is 0 Å². The van der Waals surface area contributed by atoms with E-state index in [0.29, 0.717) is 5.92 Å². The number of aromatic nitrogens is 3. The highest BCUT2D eigenvalue weighted by Crippen LogP contribution is 2.29. The van der Waals surface area contributed by atoms with Crippen molar-refractivity contribution >= 4 is 23.4 Å². The van der Waals surface area contributed by atoms with Gasteiger partial charge in [0.05, 0.1) is 12.4 Å². The van der Waals surface area contributed by atoms with Gasteiger partial charge in [-0.05, 0) is 50.1 Å². The second-order valence-electron chi connectivity index (χ2n) is 7.66. The average molecular weight is 425 g/mol. The molecule has 1 atom stereocenters. The number of thioether (sulfide) groups is 1. The molecule has 2 aromatic carbocycles. The minimum absolute atomic E-state index is 0.0821. The Labute approximate surface area is 182 Å². The molecule has 0 aliphatic carbocycles. The van der Waals surface area contributed by atoms with Gasteiger partial charge in [-0.1, -0.05) is 49.4 Å². The third kappa shape index (κ3) is 5.42. The Morgan fingerprint density at radius 2 is 1.87 bits per heavy atom. The zero-order valence-corrected chi connectivity index (χ0v) is 18.9. The molecule has 0 fully saturated rings. The van der Waals surface area contributed by atoms with E-state index in [-0.39, 0.29) is 11.2 Å². The van der Waals surface area contributed by atoms with E-state index in [0.717, 1.165) is 34.5 Å². The highest BCUT2D eigenvalue weighted by molar-refractivity contribution is 8.00. The topological polar surface area (TPSA) is 69.0 Å². The summed E-state index contributed by atoms with van der Waals surface area (Å²) in [5.41, 5.74) is 2.94. The summed E-state index contributed by atoms with van der Waals surface area (Å²) in [6, 6.07) is 15.5. The summed E-state index contributed by atoms with van der Waals surface area (Å²) in [4.78, 5) is 12.7. The number of hydrogen-bond donors (Lipinski definition) is 1. The standard InChI is InChI=1S/C23H28N4O2S/c1-15(2)14-27-21(18-8-6-7-16(3)13-18)25-26-23(27)30-17(4)22(28)24-19-9-11-20(29-5)12-10-19/h6-13,15,17H,14H2,1-5H3,(H,24,28)/t17-/m0/s1. The molecule has 3 aromatic rings. The van der Waals surface area contributed by atoms with Crippen molar-refractivity contribution in [3.8, 4) is 17.1 Å². The molecule has 6 nitrogen and oxygen atoms in total. The number of rotatable bonds is 8. The molecule has 0 aliphatic heterocycles. The van der Waals surface area contributed by atoms with Gasteiger partial charge in [0.15, 0.2) is 11.0 Å². The molecule has 0 aliphatic rings. The Bertz CT molecular complexity index is 999. The Morgan fingerprint density at radius 1 is 1.13 bits per heavy atom. The molecule has 30 heavy (non-hydrogen) atoms. The number of anilines is 1. The Morgan fingerprint density at radius 3 is 2.50 bits per heavy atom. The summed E-state index contributed by atoms with van der Waals surface area (Å²) in [5, 5.41) is 12.2. The van der Waals surface area contributed by atoms with E-state index in [1.165, 1.54) is 17.3 Å². The molecule has 0 unspecified atom stereocenters. The molecule has 1 aromatic heterocycles. The molecule has 1 amide bonds. The van der Waals surface area contributed by atoms with Crippen LogP contribution in [0.2, 0.25) is 0 Å². The van der Waals surface area contributed by atoms with Crippen LogP contribution in [-0.4, -0.2) is 33.0 Å². The highest BCUT2D eigenvalue weighted by atomic mass is 32.2. The van der Waals surface area contributed by atoms with Crippen molar-refractivity contribution in [3.05, 3.63) is 54.1 Å². The largest absolute Gasteiger partial charge is 0.497 e. The first-order chi connectivity index (χ1) is 14.4. The Kier molecular flexibility index (Phi) is 7.15. The Balaban J connectivity index is 1.78. The van der Waals surface area contributed by atoms with Gasteiger partial charge in [0.25, 0.3) is 0 Å². The number of hydrogen-bond acceptors (Lipinski definition) is 5. The van der Waals surface area contributed by atoms with Crippen molar-refractivity contribution in [1.82, 2.24) is 14.8 Å². The van der Waals surface area contributed by atoms with Crippen molar-refractivity contribution in [1.29, 1.82) is 0 Å². The van der Waals surface area contributed by atoms with Crippen molar-refractivity contribution in [2.75, 3.05) is 12.4 Å². The highest BCUT2D eigenvalue weighted by Gasteiger charge is 2.21. The quantitative estimate of drug-likeness (QED) is 0.513. The monoisotopic (exact) mass is 424 g/mol. The molecule has 0 bridgehead atoms. The molecule has 0 saturated carbocycles. The maximum absolute atomic E-state index is 12.7. The minimum atomic E-state index is -0.326. The number of aryl methyl sites for hydroxylation is 1. The van der Waals surface area contributed by atoms with Crippen LogP contribution in [0.15, 0.2) is 53.7 Å². The molecule has 0 radical (unpaired) electrons. The van der Waals surface area contributed by atoms with Crippen LogP contribution in [0.5, 0.6) is 5.75 Å². The predicted molar refractivity (Wildman–Crippen MR) is 122 cm³/mol. The van der Waals surface area contributed by atoms with Crippen molar-refractivity contribution in [2.24, 2.45) is 5.92 Å². The van der Waals surface area contributed by atoms with Crippen LogP contribution in [0.1, 0.15) is 26.3 Å². The number of carbonyl (C=O) groups is 1. The van der Waals surface area contributed by atoms with Crippen LogP contribution in [0.3, 0.4) is 0 Å². The Hall–Kier alpha value is -2.80. The number of nitrogens with zero attached hydrogens (tertiary/aromatic N) is 3. The maximum atomic E-state index is 12.7. The summed E-state index contributed by atoms with van der Waals surface area (Å²) in [5.74, 6) is 1.92. The lowest BCUT2D eigenvalue weighted by molar-refractivity contribution is -0.115. The molecular formula is C23H28N4O2S. The number of carbonyl (C=O) groups excluding carboxylic acids is 1. The molecule has 0 spiro atoms. The maximum Gasteiger partial charge on any atom is 0.237 e. The van der Waals surface area contributed by atoms with Crippen LogP contribution in [0.4, 0.5) is 5.69 Å². The smallest absolute Gasteiger partial charge is 0.237 e. The first-order valence-electron chi connectivity index (χ1n) is 9.99. The van der Waals surface area contributed by atoms with Gasteiger partial charge in [-0.25, -0.2) is 0 Å². The summed E-state index contributed by atoms with van der Waals surface area (Å²) in [7, 11) is 1.62. The van der Waals surface area contributed by atoms with E-state index in [1.807, 2.05) is 43.3 Å². The van der Waals surface area contributed by atoms with Gasteiger partial charge in [-0.3, -0.25) is 4.79 Å². The number of nitrogens with one attached hydrogen (secondary N) is 1.